The molecular formula is C7H13NO3. The number of carbonyl (C=O) groups is 1. The minimum absolute atomic E-state index is 0.274. The van der Waals surface area contributed by atoms with Gasteiger partial charge in [0.15, 0.2) is 0 Å². The zero-order valence-electron chi connectivity index (χ0n) is 7.09. The van der Waals surface area contributed by atoms with Gasteiger partial charge in [-0.05, 0) is 6.92 Å². The summed E-state index contributed by atoms with van der Waals surface area (Å²) < 4.78 is 9.81. The SMILES string of the molecule is COCC1(C)COC(=O)N1C. The summed E-state index contributed by atoms with van der Waals surface area (Å²) >= 11 is 0. The largest absolute Gasteiger partial charge is 0.447 e. The van der Waals surface area contributed by atoms with Crippen LogP contribution < -0.4 is 0 Å². The topological polar surface area (TPSA) is 38.8 Å². The maximum atomic E-state index is 10.9. The lowest BCUT2D eigenvalue weighted by Crippen LogP contribution is -2.45. The van der Waals surface area contributed by atoms with Crippen LogP contribution in [0.25, 0.3) is 0 Å². The molecule has 0 aliphatic carbocycles. The molecule has 1 atom stereocenters. The maximum absolute atomic E-state index is 10.9. The Balaban J connectivity index is 2.64. The molecule has 1 fully saturated rings. The molecule has 0 spiro atoms. The van der Waals surface area contributed by atoms with Gasteiger partial charge in [-0.15, -0.1) is 0 Å². The third-order valence-corrected chi connectivity index (χ3v) is 2.05. The van der Waals surface area contributed by atoms with Crippen molar-refractivity contribution in [3.05, 3.63) is 0 Å². The molecule has 64 valence electrons. The molecule has 1 aliphatic rings. The lowest BCUT2D eigenvalue weighted by Gasteiger charge is -2.27. The van der Waals surface area contributed by atoms with E-state index in [1.807, 2.05) is 6.92 Å². The zero-order chi connectivity index (χ0) is 8.48. The number of carbonyl (C=O) groups excluding carboxylic acids is 1. The molecular weight excluding hydrogens is 146 g/mol. The molecule has 4 nitrogen and oxygen atoms in total. The molecule has 0 aromatic heterocycles. The van der Waals surface area contributed by atoms with Gasteiger partial charge in [-0.25, -0.2) is 4.79 Å². The predicted molar refractivity (Wildman–Crippen MR) is 39.4 cm³/mol. The first-order valence-corrected chi connectivity index (χ1v) is 3.50. The Hall–Kier alpha value is -0.770. The van der Waals surface area contributed by atoms with Gasteiger partial charge in [0.25, 0.3) is 0 Å². The lowest BCUT2D eigenvalue weighted by atomic mass is 10.1. The number of hydrogen-bond acceptors (Lipinski definition) is 3. The molecule has 11 heavy (non-hydrogen) atoms. The van der Waals surface area contributed by atoms with E-state index in [1.165, 1.54) is 0 Å². The average molecular weight is 159 g/mol. The molecule has 0 bridgehead atoms. The van der Waals surface area contributed by atoms with Crippen LogP contribution in [0, 0.1) is 0 Å². The summed E-state index contributed by atoms with van der Waals surface area (Å²) in [6, 6.07) is 0. The minimum atomic E-state index is -0.286. The van der Waals surface area contributed by atoms with E-state index in [2.05, 4.69) is 0 Å². The molecule has 1 heterocycles. The van der Waals surface area contributed by atoms with E-state index in [1.54, 1.807) is 19.1 Å². The van der Waals surface area contributed by atoms with Crippen LogP contribution in [0.5, 0.6) is 0 Å². The van der Waals surface area contributed by atoms with Gasteiger partial charge < -0.3 is 14.4 Å². The Morgan fingerprint density at radius 2 is 2.45 bits per heavy atom. The van der Waals surface area contributed by atoms with Crippen molar-refractivity contribution < 1.29 is 14.3 Å². The van der Waals surface area contributed by atoms with Gasteiger partial charge in [0, 0.05) is 14.2 Å². The molecule has 1 amide bonds. The van der Waals surface area contributed by atoms with Gasteiger partial charge >= 0.3 is 6.09 Å². The summed E-state index contributed by atoms with van der Waals surface area (Å²) in [5.74, 6) is 0. The van der Waals surface area contributed by atoms with Crippen molar-refractivity contribution in [2.75, 3.05) is 27.4 Å². The van der Waals surface area contributed by atoms with Crippen molar-refractivity contribution >= 4 is 6.09 Å². The predicted octanol–water partition coefficient (Wildman–Crippen LogP) is 0.474. The average Bonchev–Trinajstić information content (AvgIpc) is 2.19. The Morgan fingerprint density at radius 3 is 2.82 bits per heavy atom. The highest BCUT2D eigenvalue weighted by molar-refractivity contribution is 5.70. The summed E-state index contributed by atoms with van der Waals surface area (Å²) in [6.45, 7) is 2.85. The normalized spacial score (nSPS) is 30.8. The Kier molecular flexibility index (Phi) is 2.04. The smallest absolute Gasteiger partial charge is 0.410 e. The fraction of sp³-hybridized carbons (Fsp3) is 0.857. The minimum Gasteiger partial charge on any atom is -0.447 e. The molecule has 1 aliphatic heterocycles. The van der Waals surface area contributed by atoms with Gasteiger partial charge in [-0.1, -0.05) is 0 Å². The second-order valence-electron chi connectivity index (χ2n) is 3.04. The van der Waals surface area contributed by atoms with Gasteiger partial charge in [0.1, 0.15) is 12.1 Å². The van der Waals surface area contributed by atoms with Crippen molar-refractivity contribution in [2.24, 2.45) is 0 Å². The van der Waals surface area contributed by atoms with Crippen LogP contribution in [0.1, 0.15) is 6.92 Å². The van der Waals surface area contributed by atoms with Crippen LogP contribution in [0.2, 0.25) is 0 Å². The van der Waals surface area contributed by atoms with E-state index >= 15 is 0 Å². The van der Waals surface area contributed by atoms with Gasteiger partial charge in [-0.3, -0.25) is 0 Å². The van der Waals surface area contributed by atoms with Crippen LogP contribution in [-0.2, 0) is 9.47 Å². The first-order valence-electron chi connectivity index (χ1n) is 3.50. The zero-order valence-corrected chi connectivity index (χ0v) is 7.09. The second kappa shape index (κ2) is 2.70. The first kappa shape index (κ1) is 8.33. The Morgan fingerprint density at radius 1 is 1.82 bits per heavy atom. The number of amides is 1. The third kappa shape index (κ3) is 1.30. The van der Waals surface area contributed by atoms with E-state index in [0.29, 0.717) is 13.2 Å². The molecule has 1 rings (SSSR count). The van der Waals surface area contributed by atoms with Crippen LogP contribution >= 0.6 is 0 Å². The van der Waals surface area contributed by atoms with E-state index in [-0.39, 0.29) is 11.6 Å². The highest BCUT2D eigenvalue weighted by Crippen LogP contribution is 2.21. The van der Waals surface area contributed by atoms with Crippen LogP contribution in [0.15, 0.2) is 0 Å². The van der Waals surface area contributed by atoms with E-state index in [4.69, 9.17) is 9.47 Å². The van der Waals surface area contributed by atoms with Gasteiger partial charge in [0.05, 0.1) is 6.61 Å². The highest BCUT2D eigenvalue weighted by atomic mass is 16.6. The number of nitrogens with zero attached hydrogens (tertiary/aromatic N) is 1. The maximum Gasteiger partial charge on any atom is 0.410 e. The number of hydrogen-bond donors (Lipinski definition) is 0. The number of cyclic esters (lactones) is 1. The number of rotatable bonds is 2. The van der Waals surface area contributed by atoms with E-state index < -0.39 is 0 Å². The molecule has 1 saturated heterocycles. The molecule has 1 unspecified atom stereocenters. The van der Waals surface area contributed by atoms with Crippen molar-refractivity contribution in [1.29, 1.82) is 0 Å². The van der Waals surface area contributed by atoms with Crippen LogP contribution in [0.3, 0.4) is 0 Å². The summed E-state index contributed by atoms with van der Waals surface area (Å²) in [6.07, 6.45) is -0.274. The summed E-state index contributed by atoms with van der Waals surface area (Å²) in [5, 5.41) is 0. The first-order chi connectivity index (χ1) is 5.10. The fourth-order valence-corrected chi connectivity index (χ4v) is 1.08. The van der Waals surface area contributed by atoms with Gasteiger partial charge in [0.2, 0.25) is 0 Å². The molecule has 4 heteroatoms. The summed E-state index contributed by atoms with van der Waals surface area (Å²) in [4.78, 5) is 12.5. The summed E-state index contributed by atoms with van der Waals surface area (Å²) in [5.41, 5.74) is -0.286. The molecule has 0 N–H and O–H groups in total. The standard InChI is InChI=1S/C7H13NO3/c1-7(4-10-3)5-11-6(9)8(7)2/h4-5H2,1-3H3. The molecule has 0 saturated carbocycles. The number of methoxy groups -OCH3 is 1. The fourth-order valence-electron chi connectivity index (χ4n) is 1.08. The van der Waals surface area contributed by atoms with Crippen molar-refractivity contribution in [1.82, 2.24) is 4.90 Å². The molecule has 0 aromatic rings. The molecule has 0 aromatic carbocycles. The second-order valence-corrected chi connectivity index (χ2v) is 3.04. The monoisotopic (exact) mass is 159 g/mol. The Bertz CT molecular complexity index is 171. The third-order valence-electron chi connectivity index (χ3n) is 2.05. The van der Waals surface area contributed by atoms with Crippen LogP contribution in [0.4, 0.5) is 4.79 Å². The van der Waals surface area contributed by atoms with Crippen molar-refractivity contribution in [2.45, 2.75) is 12.5 Å². The highest BCUT2D eigenvalue weighted by Gasteiger charge is 2.40. The van der Waals surface area contributed by atoms with Crippen LogP contribution in [-0.4, -0.2) is 43.9 Å². The Labute approximate surface area is 66.1 Å². The summed E-state index contributed by atoms with van der Waals surface area (Å²) in [7, 11) is 3.33. The number of ether oxygens (including phenoxy) is 2. The van der Waals surface area contributed by atoms with Crippen molar-refractivity contribution in [3.63, 3.8) is 0 Å². The quantitative estimate of drug-likeness (QED) is 0.588. The number of likely N-dealkylation sites (N-methyl/N-ethyl adjacent to an activating group) is 1. The van der Waals surface area contributed by atoms with E-state index in [0.717, 1.165) is 0 Å². The lowest BCUT2D eigenvalue weighted by molar-refractivity contribution is 0.0781. The molecule has 0 radical (unpaired) electrons. The van der Waals surface area contributed by atoms with Crippen molar-refractivity contribution in [3.8, 4) is 0 Å². The van der Waals surface area contributed by atoms with Gasteiger partial charge in [-0.2, -0.15) is 0 Å². The van der Waals surface area contributed by atoms with E-state index in [9.17, 15) is 4.79 Å².